The molecule has 2 N–H and O–H groups in total. The lowest BCUT2D eigenvalue weighted by atomic mass is 10.2. The molecule has 1 aromatic heterocycles. The number of halogens is 2. The first-order valence-electron chi connectivity index (χ1n) is 5.98. The zero-order valence-corrected chi connectivity index (χ0v) is 11.1. The van der Waals surface area contributed by atoms with E-state index in [2.05, 4.69) is 15.7 Å². The molecule has 2 amide bonds. The zero-order chi connectivity index (χ0) is 15.4. The van der Waals surface area contributed by atoms with Crippen molar-refractivity contribution in [2.75, 3.05) is 5.32 Å². The van der Waals surface area contributed by atoms with E-state index in [0.717, 1.165) is 12.1 Å². The third-order valence-electron chi connectivity index (χ3n) is 2.76. The van der Waals surface area contributed by atoms with Gasteiger partial charge in [0.15, 0.2) is 5.82 Å². The molecule has 0 aliphatic heterocycles. The third-order valence-corrected chi connectivity index (χ3v) is 2.76. The van der Waals surface area contributed by atoms with Crippen LogP contribution in [0.5, 0.6) is 0 Å². The van der Waals surface area contributed by atoms with E-state index in [4.69, 9.17) is 0 Å². The van der Waals surface area contributed by atoms with Crippen molar-refractivity contribution in [3.05, 3.63) is 47.2 Å². The summed E-state index contributed by atoms with van der Waals surface area (Å²) in [7, 11) is 1.57. The summed E-state index contributed by atoms with van der Waals surface area (Å²) in [5.74, 6) is -2.02. The fourth-order valence-corrected chi connectivity index (χ4v) is 1.78. The normalized spacial score (nSPS) is 10.2. The molecule has 110 valence electrons. The summed E-state index contributed by atoms with van der Waals surface area (Å²) in [6, 6.07) is 3.45. The van der Waals surface area contributed by atoms with Gasteiger partial charge in [-0.05, 0) is 12.1 Å². The highest BCUT2D eigenvalue weighted by atomic mass is 19.1. The highest BCUT2D eigenvalue weighted by Crippen LogP contribution is 2.14. The number of hydrogen-bond donors (Lipinski definition) is 2. The van der Waals surface area contributed by atoms with Gasteiger partial charge in [-0.1, -0.05) is 6.07 Å². The van der Waals surface area contributed by atoms with E-state index in [0.29, 0.717) is 6.41 Å². The number of nitrogens with one attached hydrogen (secondary N) is 2. The lowest BCUT2D eigenvalue weighted by Crippen LogP contribution is -2.24. The van der Waals surface area contributed by atoms with Crippen LogP contribution in [0, 0.1) is 11.6 Å². The summed E-state index contributed by atoms with van der Waals surface area (Å²) in [4.78, 5) is 22.4. The van der Waals surface area contributed by atoms with Gasteiger partial charge in [-0.25, -0.2) is 8.78 Å². The van der Waals surface area contributed by atoms with Crippen molar-refractivity contribution in [1.29, 1.82) is 0 Å². The Morgan fingerprint density at radius 2 is 2.05 bits per heavy atom. The van der Waals surface area contributed by atoms with Crippen molar-refractivity contribution in [3.8, 4) is 0 Å². The van der Waals surface area contributed by atoms with E-state index in [1.807, 2.05) is 0 Å². The van der Waals surface area contributed by atoms with Gasteiger partial charge in [0.2, 0.25) is 6.41 Å². The smallest absolute Gasteiger partial charge is 0.256 e. The monoisotopic (exact) mass is 294 g/mol. The van der Waals surface area contributed by atoms with Crippen LogP contribution in [0.4, 0.5) is 14.6 Å². The zero-order valence-electron chi connectivity index (χ0n) is 11.1. The molecular weight excluding hydrogens is 282 g/mol. The molecular formula is C13H12F2N4O2. The van der Waals surface area contributed by atoms with Gasteiger partial charge in [-0.15, -0.1) is 0 Å². The summed E-state index contributed by atoms with van der Waals surface area (Å²) in [6.45, 7) is -0.313. The molecule has 2 rings (SSSR count). The maximum absolute atomic E-state index is 13.4. The average molecular weight is 294 g/mol. The van der Waals surface area contributed by atoms with Gasteiger partial charge in [0, 0.05) is 25.4 Å². The van der Waals surface area contributed by atoms with Gasteiger partial charge >= 0.3 is 0 Å². The molecule has 0 unspecified atom stereocenters. The quantitative estimate of drug-likeness (QED) is 0.813. The molecule has 6 nitrogen and oxygen atoms in total. The largest absolute Gasteiger partial charge is 0.348 e. The molecule has 0 saturated carbocycles. The van der Waals surface area contributed by atoms with Gasteiger partial charge in [-0.2, -0.15) is 5.10 Å². The number of nitrogens with zero attached hydrogens (tertiary/aromatic N) is 2. The first-order chi connectivity index (χ1) is 10.0. The van der Waals surface area contributed by atoms with E-state index in [1.54, 1.807) is 7.05 Å². The van der Waals surface area contributed by atoms with Crippen molar-refractivity contribution >= 4 is 18.1 Å². The second-order valence-corrected chi connectivity index (χ2v) is 4.21. The minimum atomic E-state index is -0.743. The molecule has 0 aliphatic rings. The number of benzene rings is 1. The first kappa shape index (κ1) is 14.6. The van der Waals surface area contributed by atoms with E-state index in [9.17, 15) is 18.4 Å². The number of hydrogen-bond acceptors (Lipinski definition) is 3. The van der Waals surface area contributed by atoms with Gasteiger partial charge in [0.25, 0.3) is 5.91 Å². The summed E-state index contributed by atoms with van der Waals surface area (Å²) in [5.41, 5.74) is -0.138. The van der Waals surface area contributed by atoms with Crippen LogP contribution >= 0.6 is 0 Å². The van der Waals surface area contributed by atoms with Crippen molar-refractivity contribution < 1.29 is 18.4 Å². The molecule has 8 heteroatoms. The van der Waals surface area contributed by atoms with Gasteiger partial charge in [0.05, 0.1) is 0 Å². The lowest BCUT2D eigenvalue weighted by molar-refractivity contribution is -0.105. The number of amides is 2. The molecule has 0 radical (unpaired) electrons. The molecule has 0 fully saturated rings. The molecule has 0 bridgehead atoms. The van der Waals surface area contributed by atoms with Crippen molar-refractivity contribution in [2.24, 2.45) is 7.05 Å². The Kier molecular flexibility index (Phi) is 4.27. The number of aryl methyl sites for hydroxylation is 1. The number of carbonyl (C=O) groups excluding carboxylic acids is 2. The Morgan fingerprint density at radius 3 is 2.67 bits per heavy atom. The van der Waals surface area contributed by atoms with E-state index in [1.165, 1.54) is 16.9 Å². The predicted molar refractivity (Wildman–Crippen MR) is 70.4 cm³/mol. The maximum Gasteiger partial charge on any atom is 0.256 e. The van der Waals surface area contributed by atoms with Crippen molar-refractivity contribution in [1.82, 2.24) is 15.1 Å². The molecule has 2 aromatic rings. The van der Waals surface area contributed by atoms with E-state index < -0.39 is 17.5 Å². The summed E-state index contributed by atoms with van der Waals surface area (Å²) in [5, 5.41) is 8.54. The number of aromatic nitrogens is 2. The van der Waals surface area contributed by atoms with E-state index in [-0.39, 0.29) is 23.5 Å². The minimum Gasteiger partial charge on any atom is -0.348 e. The van der Waals surface area contributed by atoms with Crippen LogP contribution in [-0.2, 0) is 18.4 Å². The topological polar surface area (TPSA) is 76.0 Å². The minimum absolute atomic E-state index is 0.0685. The molecule has 1 aromatic carbocycles. The Labute approximate surface area is 118 Å². The molecule has 21 heavy (non-hydrogen) atoms. The molecule has 1 heterocycles. The first-order valence-corrected chi connectivity index (χ1v) is 5.98. The second-order valence-electron chi connectivity index (χ2n) is 4.21. The van der Waals surface area contributed by atoms with Crippen LogP contribution in [0.2, 0.25) is 0 Å². The Balaban J connectivity index is 2.14. The van der Waals surface area contributed by atoms with Crippen LogP contribution in [0.1, 0.15) is 15.9 Å². The summed E-state index contributed by atoms with van der Waals surface area (Å²) < 4.78 is 28.2. The Morgan fingerprint density at radius 1 is 1.38 bits per heavy atom. The standard InChI is InChI=1S/C13H12F2N4O2/c1-19-6-9(12(18-19)17-7-20)13(21)16-5-8-10(14)3-2-4-11(8)15/h2-4,6-7H,5H2,1H3,(H,16,21)(H,17,18,20). The molecule has 0 saturated heterocycles. The summed E-state index contributed by atoms with van der Waals surface area (Å²) >= 11 is 0. The average Bonchev–Trinajstić information content (AvgIpc) is 2.79. The molecule has 0 spiro atoms. The highest BCUT2D eigenvalue weighted by molar-refractivity contribution is 6.00. The number of carbonyl (C=O) groups is 2. The van der Waals surface area contributed by atoms with Crippen molar-refractivity contribution in [3.63, 3.8) is 0 Å². The maximum atomic E-state index is 13.4. The highest BCUT2D eigenvalue weighted by Gasteiger charge is 2.16. The fraction of sp³-hybridized carbons (Fsp3) is 0.154. The van der Waals surface area contributed by atoms with Crippen molar-refractivity contribution in [2.45, 2.75) is 6.54 Å². The van der Waals surface area contributed by atoms with Crippen LogP contribution in [0.25, 0.3) is 0 Å². The van der Waals surface area contributed by atoms with Gasteiger partial charge < -0.3 is 10.6 Å². The molecule has 0 atom stereocenters. The van der Waals surface area contributed by atoms with Gasteiger partial charge in [-0.3, -0.25) is 14.3 Å². The SMILES string of the molecule is Cn1cc(C(=O)NCc2c(F)cccc2F)c(NC=O)n1. The van der Waals surface area contributed by atoms with Gasteiger partial charge in [0.1, 0.15) is 17.2 Å². The van der Waals surface area contributed by atoms with Crippen LogP contribution in [0.15, 0.2) is 24.4 Å². The van der Waals surface area contributed by atoms with E-state index >= 15 is 0 Å². The lowest BCUT2D eigenvalue weighted by Gasteiger charge is -2.07. The summed E-state index contributed by atoms with van der Waals surface area (Å²) in [6.07, 6.45) is 1.77. The third kappa shape index (κ3) is 3.22. The molecule has 0 aliphatic carbocycles. The fourth-order valence-electron chi connectivity index (χ4n) is 1.78. The van der Waals surface area contributed by atoms with Crippen LogP contribution in [-0.4, -0.2) is 22.1 Å². The Hall–Kier alpha value is -2.77. The number of rotatable bonds is 5. The Bertz CT molecular complexity index is 665. The second kappa shape index (κ2) is 6.12. The number of anilines is 1. The van der Waals surface area contributed by atoms with Crippen LogP contribution < -0.4 is 10.6 Å². The predicted octanol–water partition coefficient (Wildman–Crippen LogP) is 1.20. The van der Waals surface area contributed by atoms with Crippen LogP contribution in [0.3, 0.4) is 0 Å².